The van der Waals surface area contributed by atoms with Gasteiger partial charge in [-0.25, -0.2) is 13.6 Å². The minimum absolute atomic E-state index is 0.0409. The fraction of sp³-hybridized carbons (Fsp3) is 0.227. The average Bonchev–Trinajstić information content (AvgIpc) is 3.21. The van der Waals surface area contributed by atoms with Crippen LogP contribution >= 0.6 is 0 Å². The first kappa shape index (κ1) is 21.3. The van der Waals surface area contributed by atoms with Gasteiger partial charge in [0.1, 0.15) is 19.0 Å². The van der Waals surface area contributed by atoms with Crippen molar-refractivity contribution >= 4 is 17.8 Å². The number of urea groups is 1. The summed E-state index contributed by atoms with van der Waals surface area (Å²) < 4.78 is 33.1. The number of fused-ring (bicyclic) bond motifs is 1. The summed E-state index contributed by atoms with van der Waals surface area (Å²) in [7, 11) is 0. The van der Waals surface area contributed by atoms with E-state index in [0.717, 1.165) is 18.2 Å². The zero-order valence-electron chi connectivity index (χ0n) is 16.6. The summed E-state index contributed by atoms with van der Waals surface area (Å²) >= 11 is 0. The zero-order valence-corrected chi connectivity index (χ0v) is 16.6. The van der Waals surface area contributed by atoms with E-state index < -0.39 is 35.0 Å². The number of carbonyl (C=O) groups is 3. The highest BCUT2D eigenvalue weighted by Gasteiger charge is 2.50. The molecule has 1 fully saturated rings. The molecule has 4 amide bonds. The van der Waals surface area contributed by atoms with Crippen LogP contribution in [-0.4, -0.2) is 47.6 Å². The van der Waals surface area contributed by atoms with Crippen LogP contribution in [0.5, 0.6) is 5.75 Å². The molecule has 2 aromatic rings. The quantitative estimate of drug-likeness (QED) is 0.475. The lowest BCUT2D eigenvalue weighted by molar-refractivity contribution is -0.124. The number of imide groups is 1. The summed E-state index contributed by atoms with van der Waals surface area (Å²) in [4.78, 5) is 38.8. The molecule has 1 atom stereocenters. The molecule has 0 saturated carbocycles. The van der Waals surface area contributed by atoms with E-state index in [4.69, 9.17) is 9.84 Å². The van der Waals surface area contributed by atoms with Crippen LogP contribution in [0.1, 0.15) is 21.5 Å². The highest BCUT2D eigenvalue weighted by molar-refractivity contribution is 6.08. The molecule has 4 rings (SSSR count). The molecule has 2 aromatic carbocycles. The maximum Gasteiger partial charge on any atom is 0.322 e. The monoisotopic (exact) mass is 441 g/mol. The smallest absolute Gasteiger partial charge is 0.322 e. The fourth-order valence-corrected chi connectivity index (χ4v) is 3.75. The van der Waals surface area contributed by atoms with E-state index >= 15 is 0 Å². The van der Waals surface area contributed by atoms with Gasteiger partial charge in [-0.1, -0.05) is 24.0 Å². The molecule has 8 nitrogen and oxygen atoms in total. The molecule has 0 radical (unpaired) electrons. The third kappa shape index (κ3) is 3.74. The van der Waals surface area contributed by atoms with Gasteiger partial charge in [-0.2, -0.15) is 0 Å². The summed E-state index contributed by atoms with van der Waals surface area (Å²) in [6.07, 6.45) is 0. The van der Waals surface area contributed by atoms with Crippen molar-refractivity contribution in [3.63, 3.8) is 0 Å². The lowest BCUT2D eigenvalue weighted by atomic mass is 9.89. The average molecular weight is 441 g/mol. The van der Waals surface area contributed by atoms with Gasteiger partial charge in [-0.3, -0.25) is 14.9 Å². The number of aliphatic hydroxyl groups excluding tert-OH is 1. The lowest BCUT2D eigenvalue weighted by Gasteiger charge is -2.31. The Hall–Kier alpha value is -3.97. The minimum Gasteiger partial charge on any atom is -0.478 e. The van der Waals surface area contributed by atoms with Gasteiger partial charge in [0, 0.05) is 12.1 Å². The van der Waals surface area contributed by atoms with Crippen LogP contribution in [0.25, 0.3) is 0 Å². The molecule has 1 saturated heterocycles. The molecule has 164 valence electrons. The number of rotatable bonds is 5. The van der Waals surface area contributed by atoms with Crippen LogP contribution in [-0.2, 0) is 16.9 Å². The van der Waals surface area contributed by atoms with Gasteiger partial charge in [0.25, 0.3) is 11.8 Å². The normalized spacial score (nSPS) is 19.2. The zero-order chi connectivity index (χ0) is 22.9. The number of hydrogen-bond donors (Lipinski definition) is 3. The SMILES string of the molecule is O=C1NC(=O)C(CN2Cc3cc(OCC#CCO)c(F)cc3C2=O)(c2ccc(F)cc2)N1. The van der Waals surface area contributed by atoms with Gasteiger partial charge in [-0.05, 0) is 35.4 Å². The third-order valence-electron chi connectivity index (χ3n) is 5.25. The van der Waals surface area contributed by atoms with Crippen LogP contribution in [0.15, 0.2) is 36.4 Å². The van der Waals surface area contributed by atoms with E-state index in [-0.39, 0.29) is 37.6 Å². The first-order valence-corrected chi connectivity index (χ1v) is 9.55. The van der Waals surface area contributed by atoms with E-state index in [9.17, 15) is 23.2 Å². The molecule has 3 N–H and O–H groups in total. The number of nitrogens with zero attached hydrogens (tertiary/aromatic N) is 1. The van der Waals surface area contributed by atoms with Crippen LogP contribution in [0.3, 0.4) is 0 Å². The van der Waals surface area contributed by atoms with Crippen molar-refractivity contribution in [2.75, 3.05) is 19.8 Å². The Morgan fingerprint density at radius 2 is 1.88 bits per heavy atom. The Bertz CT molecular complexity index is 1170. The highest BCUT2D eigenvalue weighted by Crippen LogP contribution is 2.33. The number of ether oxygens (including phenoxy) is 1. The number of aliphatic hydroxyl groups is 1. The molecule has 0 aromatic heterocycles. The van der Waals surface area contributed by atoms with Gasteiger partial charge in [0.05, 0.1) is 6.54 Å². The van der Waals surface area contributed by atoms with Crippen LogP contribution in [0.4, 0.5) is 13.6 Å². The predicted molar refractivity (Wildman–Crippen MR) is 106 cm³/mol. The molecule has 0 spiro atoms. The van der Waals surface area contributed by atoms with E-state index in [1.54, 1.807) is 0 Å². The first-order valence-electron chi connectivity index (χ1n) is 9.55. The van der Waals surface area contributed by atoms with E-state index in [0.29, 0.717) is 11.1 Å². The van der Waals surface area contributed by atoms with Crippen LogP contribution in [0.2, 0.25) is 0 Å². The molecule has 1 unspecified atom stereocenters. The number of hydrogen-bond acceptors (Lipinski definition) is 5. The Balaban J connectivity index is 1.61. The Labute approximate surface area is 181 Å². The summed E-state index contributed by atoms with van der Waals surface area (Å²) in [5.74, 6) is 2.28. The molecule has 32 heavy (non-hydrogen) atoms. The second kappa shape index (κ2) is 8.28. The molecular weight excluding hydrogens is 424 g/mol. The molecule has 2 aliphatic heterocycles. The van der Waals surface area contributed by atoms with Crippen molar-refractivity contribution in [2.45, 2.75) is 12.1 Å². The number of nitrogens with one attached hydrogen (secondary N) is 2. The highest BCUT2D eigenvalue weighted by atomic mass is 19.1. The molecule has 2 aliphatic rings. The number of amides is 4. The number of carbonyl (C=O) groups excluding carboxylic acids is 3. The molecule has 0 aliphatic carbocycles. The van der Waals surface area contributed by atoms with Gasteiger partial charge >= 0.3 is 6.03 Å². The van der Waals surface area contributed by atoms with E-state index in [1.165, 1.54) is 23.1 Å². The molecule has 10 heteroatoms. The Kier molecular flexibility index (Phi) is 5.50. The number of halogens is 2. The predicted octanol–water partition coefficient (Wildman–Crippen LogP) is 1.03. The Morgan fingerprint density at radius 3 is 2.53 bits per heavy atom. The summed E-state index contributed by atoms with van der Waals surface area (Å²) in [6, 6.07) is 6.68. The van der Waals surface area contributed by atoms with E-state index in [1.807, 2.05) is 0 Å². The van der Waals surface area contributed by atoms with Gasteiger partial charge in [0.2, 0.25) is 0 Å². The maximum atomic E-state index is 14.4. The van der Waals surface area contributed by atoms with Gasteiger partial charge in [0.15, 0.2) is 17.1 Å². The van der Waals surface area contributed by atoms with Crippen LogP contribution < -0.4 is 15.4 Å². The van der Waals surface area contributed by atoms with Crippen LogP contribution in [0, 0.1) is 23.5 Å². The lowest BCUT2D eigenvalue weighted by Crippen LogP contribution is -2.52. The van der Waals surface area contributed by atoms with Crippen molar-refractivity contribution in [1.82, 2.24) is 15.5 Å². The molecular formula is C22H17F2N3O5. The Morgan fingerprint density at radius 1 is 1.12 bits per heavy atom. The third-order valence-corrected chi connectivity index (χ3v) is 5.25. The van der Waals surface area contributed by atoms with Gasteiger partial charge in [-0.15, -0.1) is 0 Å². The first-order chi connectivity index (χ1) is 15.3. The summed E-state index contributed by atoms with van der Waals surface area (Å²) in [5, 5.41) is 13.3. The second-order valence-corrected chi connectivity index (χ2v) is 7.22. The standard InChI is InChI=1S/C22H17F2N3O5/c23-15-5-3-14(4-6-15)22(20(30)25-21(31)26-22)12-27-11-13-9-18(32-8-2-1-7-28)17(24)10-16(13)19(27)29/h3-6,9-10,28H,7-8,11-12H2,(H2,25,26,30,31). The van der Waals surface area contributed by atoms with Crippen molar-refractivity contribution in [3.8, 4) is 17.6 Å². The van der Waals surface area contributed by atoms with Gasteiger partial charge < -0.3 is 20.1 Å². The number of benzene rings is 2. The topological polar surface area (TPSA) is 108 Å². The molecule has 0 bridgehead atoms. The minimum atomic E-state index is -1.62. The van der Waals surface area contributed by atoms with E-state index in [2.05, 4.69) is 22.5 Å². The summed E-state index contributed by atoms with van der Waals surface area (Å²) in [5.41, 5.74) is -0.750. The summed E-state index contributed by atoms with van der Waals surface area (Å²) in [6.45, 7) is -0.698. The van der Waals surface area contributed by atoms with Crippen molar-refractivity contribution in [3.05, 3.63) is 64.7 Å². The van der Waals surface area contributed by atoms with Crippen molar-refractivity contribution in [1.29, 1.82) is 0 Å². The van der Waals surface area contributed by atoms with Crippen molar-refractivity contribution < 1.29 is 33.0 Å². The maximum absolute atomic E-state index is 14.4. The molecule has 2 heterocycles. The second-order valence-electron chi connectivity index (χ2n) is 7.22. The fourth-order valence-electron chi connectivity index (χ4n) is 3.75. The largest absolute Gasteiger partial charge is 0.478 e. The van der Waals surface area contributed by atoms with Crippen molar-refractivity contribution in [2.24, 2.45) is 0 Å².